The van der Waals surface area contributed by atoms with E-state index in [1.54, 1.807) is 24.5 Å². The molecule has 1 aromatic carbocycles. The molecule has 94 valence electrons. The van der Waals surface area contributed by atoms with Crippen LogP contribution in [0.15, 0.2) is 42.7 Å². The molecule has 0 amide bonds. The third-order valence-electron chi connectivity index (χ3n) is 2.47. The van der Waals surface area contributed by atoms with Gasteiger partial charge in [0, 0.05) is 18.0 Å². The van der Waals surface area contributed by atoms with Crippen LogP contribution in [-0.2, 0) is 0 Å². The molecule has 1 aromatic heterocycles. The van der Waals surface area contributed by atoms with Crippen LogP contribution in [0.1, 0.15) is 11.1 Å². The number of aromatic nitrogens is 1. The van der Waals surface area contributed by atoms with Crippen molar-refractivity contribution in [1.29, 1.82) is 5.26 Å². The number of nitrogens with zero attached hydrogens (tertiary/aromatic N) is 2. The molecule has 0 spiro atoms. The Morgan fingerprint density at radius 3 is 2.47 bits per heavy atom. The highest BCUT2D eigenvalue weighted by Gasteiger charge is 2.12. The summed E-state index contributed by atoms with van der Waals surface area (Å²) in [4.78, 5) is 3.87. The van der Waals surface area contributed by atoms with Gasteiger partial charge in [0.2, 0.25) is 0 Å². The summed E-state index contributed by atoms with van der Waals surface area (Å²) >= 11 is 12.1. The largest absolute Gasteiger partial charge is 0.265 e. The van der Waals surface area contributed by atoms with E-state index in [4.69, 9.17) is 23.2 Å². The van der Waals surface area contributed by atoms with Gasteiger partial charge in [-0.05, 0) is 35.9 Å². The van der Waals surface area contributed by atoms with Crippen molar-refractivity contribution in [2.45, 2.75) is 0 Å². The molecule has 2 aromatic rings. The molecule has 0 aliphatic heterocycles. The van der Waals surface area contributed by atoms with Gasteiger partial charge >= 0.3 is 0 Å². The molecule has 0 fully saturated rings. The Bertz CT molecular complexity index is 676. The first-order chi connectivity index (χ1) is 9.13. The lowest BCUT2D eigenvalue weighted by Crippen LogP contribution is -1.88. The van der Waals surface area contributed by atoms with Crippen molar-refractivity contribution in [3.63, 3.8) is 0 Å². The third-order valence-corrected chi connectivity index (χ3v) is 3.17. The van der Waals surface area contributed by atoms with Crippen LogP contribution in [0.3, 0.4) is 0 Å². The molecule has 5 heteroatoms. The highest BCUT2D eigenvalue weighted by molar-refractivity contribution is 6.54. The first-order valence-corrected chi connectivity index (χ1v) is 6.04. The summed E-state index contributed by atoms with van der Waals surface area (Å²) in [5.41, 5.74) is 1.30. The maximum atomic E-state index is 13.0. The van der Waals surface area contributed by atoms with Crippen molar-refractivity contribution in [3.05, 3.63) is 64.7 Å². The van der Waals surface area contributed by atoms with Gasteiger partial charge in [0.1, 0.15) is 11.9 Å². The van der Waals surface area contributed by atoms with Crippen molar-refractivity contribution in [3.8, 4) is 6.07 Å². The number of hydrogen-bond donors (Lipinski definition) is 0. The number of halogens is 3. The zero-order valence-corrected chi connectivity index (χ0v) is 11.1. The van der Waals surface area contributed by atoms with Crippen LogP contribution in [0.5, 0.6) is 0 Å². The molecular formula is C14H7Cl2FN2. The lowest BCUT2D eigenvalue weighted by molar-refractivity contribution is 0.628. The lowest BCUT2D eigenvalue weighted by atomic mass is 10.0. The second kappa shape index (κ2) is 5.83. The molecule has 0 N–H and O–H groups in total. The highest BCUT2D eigenvalue weighted by Crippen LogP contribution is 2.33. The maximum absolute atomic E-state index is 13.0. The van der Waals surface area contributed by atoms with Gasteiger partial charge in [-0.2, -0.15) is 5.26 Å². The van der Waals surface area contributed by atoms with Gasteiger partial charge in [0.25, 0.3) is 0 Å². The van der Waals surface area contributed by atoms with Gasteiger partial charge in [-0.25, -0.2) is 4.39 Å². The van der Waals surface area contributed by atoms with Gasteiger partial charge < -0.3 is 0 Å². The molecule has 19 heavy (non-hydrogen) atoms. The minimum Gasteiger partial charge on any atom is -0.265 e. The topological polar surface area (TPSA) is 36.7 Å². The number of rotatable bonds is 2. The van der Waals surface area contributed by atoms with E-state index in [1.807, 2.05) is 6.07 Å². The second-order valence-electron chi connectivity index (χ2n) is 3.66. The van der Waals surface area contributed by atoms with E-state index in [0.717, 1.165) is 6.07 Å². The fourth-order valence-electron chi connectivity index (χ4n) is 1.56. The summed E-state index contributed by atoms with van der Waals surface area (Å²) < 4.78 is 13.0. The Morgan fingerprint density at radius 1 is 1.21 bits per heavy atom. The Kier molecular flexibility index (Phi) is 4.16. The number of allylic oxidation sites excluding steroid dienone is 1. The Balaban J connectivity index is 2.59. The molecule has 1 heterocycles. The van der Waals surface area contributed by atoms with Crippen LogP contribution in [0.4, 0.5) is 4.39 Å². The van der Waals surface area contributed by atoms with Gasteiger partial charge in [0.05, 0.1) is 15.6 Å². The summed E-state index contributed by atoms with van der Waals surface area (Å²) in [5.74, 6) is -0.458. The zero-order valence-electron chi connectivity index (χ0n) is 9.57. The van der Waals surface area contributed by atoms with Gasteiger partial charge in [-0.3, -0.25) is 4.98 Å². The van der Waals surface area contributed by atoms with Crippen LogP contribution in [0, 0.1) is 17.1 Å². The lowest BCUT2D eigenvalue weighted by Gasteiger charge is -2.06. The van der Waals surface area contributed by atoms with E-state index < -0.39 is 5.82 Å². The zero-order chi connectivity index (χ0) is 13.8. The summed E-state index contributed by atoms with van der Waals surface area (Å²) in [5, 5.41) is 9.57. The predicted molar refractivity (Wildman–Crippen MR) is 73.9 cm³/mol. The van der Waals surface area contributed by atoms with Crippen LogP contribution < -0.4 is 0 Å². The number of pyridine rings is 1. The average Bonchev–Trinajstić information content (AvgIpc) is 2.40. The van der Waals surface area contributed by atoms with Gasteiger partial charge in [-0.1, -0.05) is 23.2 Å². The normalized spacial score (nSPS) is 11.7. The summed E-state index contributed by atoms with van der Waals surface area (Å²) in [6.07, 6.45) is 3.12. The molecule has 0 saturated carbocycles. The van der Waals surface area contributed by atoms with Crippen molar-refractivity contribution >= 4 is 33.8 Å². The molecule has 2 rings (SSSR count). The molecule has 0 bridgehead atoms. The third kappa shape index (κ3) is 2.93. The molecule has 0 aliphatic rings. The first-order valence-electron chi connectivity index (χ1n) is 5.29. The summed E-state index contributed by atoms with van der Waals surface area (Å²) in [6.45, 7) is 0. The standard InChI is InChI=1S/C14H7Cl2FN2/c15-13-7-10(17)1-2-11(13)14(16)12(8-18)9-3-5-19-6-4-9/h1-7H/b14-12+. The second-order valence-corrected chi connectivity index (χ2v) is 4.45. The van der Waals surface area contributed by atoms with E-state index in [-0.39, 0.29) is 15.6 Å². The molecular weight excluding hydrogens is 286 g/mol. The molecule has 0 saturated heterocycles. The molecule has 0 radical (unpaired) electrons. The van der Waals surface area contributed by atoms with E-state index in [9.17, 15) is 9.65 Å². The fourth-order valence-corrected chi connectivity index (χ4v) is 2.19. The quantitative estimate of drug-likeness (QED) is 0.764. The van der Waals surface area contributed by atoms with Crippen LogP contribution in [0.25, 0.3) is 10.6 Å². The van der Waals surface area contributed by atoms with Crippen LogP contribution >= 0.6 is 23.2 Å². The Labute approximate surface area is 119 Å². The van der Waals surface area contributed by atoms with Gasteiger partial charge in [-0.15, -0.1) is 0 Å². The van der Waals surface area contributed by atoms with E-state index >= 15 is 0 Å². The SMILES string of the molecule is N#C/C(=C(\Cl)c1ccc(F)cc1Cl)c1ccncc1. The van der Waals surface area contributed by atoms with Crippen molar-refractivity contribution in [1.82, 2.24) is 4.98 Å². The molecule has 0 unspecified atom stereocenters. The number of hydrogen-bond acceptors (Lipinski definition) is 2. The monoisotopic (exact) mass is 292 g/mol. The van der Waals surface area contributed by atoms with Crippen molar-refractivity contribution < 1.29 is 4.39 Å². The van der Waals surface area contributed by atoms with Crippen molar-refractivity contribution in [2.24, 2.45) is 0 Å². The Morgan fingerprint density at radius 2 is 1.89 bits per heavy atom. The minimum atomic E-state index is -0.458. The minimum absolute atomic E-state index is 0.159. The Hall–Kier alpha value is -1.89. The van der Waals surface area contributed by atoms with E-state index in [2.05, 4.69) is 4.98 Å². The van der Waals surface area contributed by atoms with Crippen molar-refractivity contribution in [2.75, 3.05) is 0 Å². The maximum Gasteiger partial charge on any atom is 0.124 e. The molecule has 0 atom stereocenters. The number of nitriles is 1. The number of benzene rings is 1. The van der Waals surface area contributed by atoms with E-state index in [1.165, 1.54) is 12.1 Å². The highest BCUT2D eigenvalue weighted by atomic mass is 35.5. The first kappa shape index (κ1) is 13.5. The van der Waals surface area contributed by atoms with Crippen LogP contribution in [-0.4, -0.2) is 4.98 Å². The molecule has 0 aliphatic carbocycles. The van der Waals surface area contributed by atoms with Crippen LogP contribution in [0.2, 0.25) is 5.02 Å². The van der Waals surface area contributed by atoms with Gasteiger partial charge in [0.15, 0.2) is 0 Å². The summed E-state index contributed by atoms with van der Waals surface area (Å²) in [7, 11) is 0. The smallest absolute Gasteiger partial charge is 0.124 e. The van der Waals surface area contributed by atoms with E-state index in [0.29, 0.717) is 11.1 Å². The fraction of sp³-hybridized carbons (Fsp3) is 0. The summed E-state index contributed by atoms with van der Waals surface area (Å²) in [6, 6.07) is 9.19. The molecule has 2 nitrogen and oxygen atoms in total. The average molecular weight is 293 g/mol. The predicted octanol–water partition coefficient (Wildman–Crippen LogP) is 4.50.